The maximum Gasteiger partial charge on any atom is 0.0624 e. The standard InChI is InChI=1S/C9H17NO/c1-7-5-9(6-11-7)10-8-3-2-4-8/h7-10H,2-6H2,1H3. The van der Waals surface area contributed by atoms with Gasteiger partial charge in [0.1, 0.15) is 0 Å². The van der Waals surface area contributed by atoms with E-state index in [1.807, 2.05) is 0 Å². The van der Waals surface area contributed by atoms with Crippen molar-refractivity contribution < 1.29 is 4.74 Å². The van der Waals surface area contributed by atoms with Gasteiger partial charge in [-0.25, -0.2) is 0 Å². The molecule has 1 saturated carbocycles. The first-order valence-electron chi connectivity index (χ1n) is 4.72. The highest BCUT2D eigenvalue weighted by Gasteiger charge is 2.26. The van der Waals surface area contributed by atoms with Gasteiger partial charge in [-0.15, -0.1) is 0 Å². The van der Waals surface area contributed by atoms with Gasteiger partial charge in [0.2, 0.25) is 0 Å². The normalized spacial score (nSPS) is 39.0. The summed E-state index contributed by atoms with van der Waals surface area (Å²) in [7, 11) is 0. The SMILES string of the molecule is CC1CC(NC2CCC2)CO1. The zero-order valence-corrected chi connectivity index (χ0v) is 7.18. The predicted molar refractivity (Wildman–Crippen MR) is 44.6 cm³/mol. The summed E-state index contributed by atoms with van der Waals surface area (Å²) in [4.78, 5) is 0. The Labute approximate surface area is 68.3 Å². The van der Waals surface area contributed by atoms with Crippen LogP contribution in [-0.4, -0.2) is 24.8 Å². The van der Waals surface area contributed by atoms with Crippen LogP contribution in [0.4, 0.5) is 0 Å². The first-order chi connectivity index (χ1) is 5.34. The van der Waals surface area contributed by atoms with Crippen molar-refractivity contribution in [2.24, 2.45) is 0 Å². The van der Waals surface area contributed by atoms with E-state index in [2.05, 4.69) is 12.2 Å². The molecule has 1 N–H and O–H groups in total. The first kappa shape index (κ1) is 7.56. The van der Waals surface area contributed by atoms with Crippen LogP contribution in [0.1, 0.15) is 32.6 Å². The highest BCUT2D eigenvalue weighted by atomic mass is 16.5. The maximum atomic E-state index is 5.47. The molecule has 0 amide bonds. The second kappa shape index (κ2) is 3.11. The summed E-state index contributed by atoms with van der Waals surface area (Å²) in [6.45, 7) is 3.08. The molecular formula is C9H17NO. The Bertz CT molecular complexity index is 134. The molecule has 2 unspecified atom stereocenters. The van der Waals surface area contributed by atoms with Gasteiger partial charge in [-0.3, -0.25) is 0 Å². The lowest BCUT2D eigenvalue weighted by molar-refractivity contribution is 0.120. The molecule has 2 fully saturated rings. The molecule has 0 spiro atoms. The number of hydrogen-bond donors (Lipinski definition) is 1. The van der Waals surface area contributed by atoms with Crippen molar-refractivity contribution in [2.75, 3.05) is 6.61 Å². The largest absolute Gasteiger partial charge is 0.377 e. The number of hydrogen-bond acceptors (Lipinski definition) is 2. The molecule has 1 saturated heterocycles. The average molecular weight is 155 g/mol. The van der Waals surface area contributed by atoms with Gasteiger partial charge in [-0.1, -0.05) is 6.42 Å². The fraction of sp³-hybridized carbons (Fsp3) is 1.00. The Balaban J connectivity index is 1.70. The lowest BCUT2D eigenvalue weighted by atomic mass is 9.92. The average Bonchev–Trinajstić information content (AvgIpc) is 2.27. The van der Waals surface area contributed by atoms with E-state index in [0.717, 1.165) is 12.6 Å². The van der Waals surface area contributed by atoms with Crippen LogP contribution in [0.3, 0.4) is 0 Å². The highest BCUT2D eigenvalue weighted by Crippen LogP contribution is 2.21. The van der Waals surface area contributed by atoms with Crippen molar-refractivity contribution >= 4 is 0 Å². The van der Waals surface area contributed by atoms with Crippen molar-refractivity contribution in [1.82, 2.24) is 5.32 Å². The van der Waals surface area contributed by atoms with Crippen molar-refractivity contribution in [3.8, 4) is 0 Å². The molecule has 0 aromatic carbocycles. The van der Waals surface area contributed by atoms with Gasteiger partial charge in [0.25, 0.3) is 0 Å². The molecule has 2 rings (SSSR count). The highest BCUT2D eigenvalue weighted by molar-refractivity contribution is 4.84. The molecule has 1 aliphatic carbocycles. The molecule has 1 aliphatic heterocycles. The van der Waals surface area contributed by atoms with Gasteiger partial charge < -0.3 is 10.1 Å². The Kier molecular flexibility index (Phi) is 2.14. The molecule has 0 radical (unpaired) electrons. The fourth-order valence-electron chi connectivity index (χ4n) is 1.84. The van der Waals surface area contributed by atoms with Gasteiger partial charge in [0, 0.05) is 12.1 Å². The van der Waals surface area contributed by atoms with Gasteiger partial charge in [0.05, 0.1) is 12.7 Å². The Morgan fingerprint density at radius 1 is 1.27 bits per heavy atom. The molecule has 2 heteroatoms. The van der Waals surface area contributed by atoms with Crippen molar-refractivity contribution in [3.63, 3.8) is 0 Å². The lowest BCUT2D eigenvalue weighted by Gasteiger charge is -2.29. The van der Waals surface area contributed by atoms with Gasteiger partial charge in [-0.2, -0.15) is 0 Å². The lowest BCUT2D eigenvalue weighted by Crippen LogP contribution is -2.42. The second-order valence-corrected chi connectivity index (χ2v) is 3.87. The Morgan fingerprint density at radius 2 is 2.09 bits per heavy atom. The van der Waals surface area contributed by atoms with Crippen LogP contribution in [0.2, 0.25) is 0 Å². The van der Waals surface area contributed by atoms with E-state index in [-0.39, 0.29) is 0 Å². The van der Waals surface area contributed by atoms with E-state index in [9.17, 15) is 0 Å². The van der Waals surface area contributed by atoms with E-state index in [4.69, 9.17) is 4.74 Å². The number of ether oxygens (including phenoxy) is 1. The smallest absolute Gasteiger partial charge is 0.0624 e. The van der Waals surface area contributed by atoms with Crippen molar-refractivity contribution in [1.29, 1.82) is 0 Å². The maximum absolute atomic E-state index is 5.47. The van der Waals surface area contributed by atoms with E-state index in [0.29, 0.717) is 12.1 Å². The van der Waals surface area contributed by atoms with Crippen molar-refractivity contribution in [3.05, 3.63) is 0 Å². The third-order valence-corrected chi connectivity index (χ3v) is 2.77. The summed E-state index contributed by atoms with van der Waals surface area (Å²) in [6, 6.07) is 1.46. The van der Waals surface area contributed by atoms with Gasteiger partial charge >= 0.3 is 0 Å². The van der Waals surface area contributed by atoms with E-state index in [1.165, 1.54) is 25.7 Å². The Hall–Kier alpha value is -0.0800. The molecule has 2 atom stereocenters. The molecule has 2 aliphatic rings. The quantitative estimate of drug-likeness (QED) is 0.649. The van der Waals surface area contributed by atoms with E-state index >= 15 is 0 Å². The zero-order chi connectivity index (χ0) is 7.68. The molecule has 64 valence electrons. The monoisotopic (exact) mass is 155 g/mol. The summed E-state index contributed by atoms with van der Waals surface area (Å²) >= 11 is 0. The van der Waals surface area contributed by atoms with Crippen LogP contribution in [-0.2, 0) is 4.74 Å². The first-order valence-corrected chi connectivity index (χ1v) is 4.72. The third-order valence-electron chi connectivity index (χ3n) is 2.77. The van der Waals surface area contributed by atoms with Gasteiger partial charge in [0.15, 0.2) is 0 Å². The molecular weight excluding hydrogens is 138 g/mol. The van der Waals surface area contributed by atoms with Crippen LogP contribution in [0, 0.1) is 0 Å². The number of rotatable bonds is 2. The zero-order valence-electron chi connectivity index (χ0n) is 7.18. The van der Waals surface area contributed by atoms with Crippen LogP contribution in [0.15, 0.2) is 0 Å². The molecule has 0 aromatic rings. The molecule has 0 bridgehead atoms. The van der Waals surface area contributed by atoms with Crippen LogP contribution in [0.5, 0.6) is 0 Å². The van der Waals surface area contributed by atoms with Crippen LogP contribution in [0.25, 0.3) is 0 Å². The molecule has 11 heavy (non-hydrogen) atoms. The topological polar surface area (TPSA) is 21.3 Å². The molecule has 0 aromatic heterocycles. The molecule has 1 heterocycles. The minimum absolute atomic E-state index is 0.479. The second-order valence-electron chi connectivity index (χ2n) is 3.87. The van der Waals surface area contributed by atoms with Crippen molar-refractivity contribution in [2.45, 2.75) is 50.8 Å². The fourth-order valence-corrected chi connectivity index (χ4v) is 1.84. The summed E-state index contributed by atoms with van der Waals surface area (Å²) in [5.74, 6) is 0. The van der Waals surface area contributed by atoms with E-state index in [1.54, 1.807) is 0 Å². The Morgan fingerprint density at radius 3 is 2.55 bits per heavy atom. The van der Waals surface area contributed by atoms with Gasteiger partial charge in [-0.05, 0) is 26.2 Å². The summed E-state index contributed by atoms with van der Waals surface area (Å²) in [6.07, 6.45) is 5.86. The van der Waals surface area contributed by atoms with Crippen LogP contribution >= 0.6 is 0 Å². The number of nitrogens with one attached hydrogen (secondary N) is 1. The third kappa shape index (κ3) is 1.74. The minimum atomic E-state index is 0.479. The summed E-state index contributed by atoms with van der Waals surface area (Å²) in [5.41, 5.74) is 0. The molecule has 2 nitrogen and oxygen atoms in total. The predicted octanol–water partition coefficient (Wildman–Crippen LogP) is 1.31. The summed E-state index contributed by atoms with van der Waals surface area (Å²) in [5, 5.41) is 3.62. The van der Waals surface area contributed by atoms with E-state index < -0.39 is 0 Å². The summed E-state index contributed by atoms with van der Waals surface area (Å²) < 4.78 is 5.47. The minimum Gasteiger partial charge on any atom is -0.377 e. The van der Waals surface area contributed by atoms with Crippen LogP contribution < -0.4 is 5.32 Å².